The molecule has 7 N–H and O–H groups in total. The van der Waals surface area contributed by atoms with Gasteiger partial charge in [0.2, 0.25) is 17.7 Å². The molecule has 0 aliphatic heterocycles. The number of rotatable bonds is 22. The van der Waals surface area contributed by atoms with Crippen LogP contribution in [0.25, 0.3) is 10.8 Å². The van der Waals surface area contributed by atoms with Gasteiger partial charge in [-0.1, -0.05) is 109 Å². The molecule has 0 radical (unpaired) electrons. The maximum Gasteiger partial charge on any atom is 0.258 e. The topological polar surface area (TPSA) is 208 Å². The number of pyridine rings is 1. The standard InChI is InChI=1S/C46H63N7O7/c1-5-30(4)41(46(59)49-26-33-18-11-12-21-48-33)53-44(57)36(22-29(2)3)42(55)43(56)37(23-31-14-7-6-8-15-31)52-45(58)38(24-34-25-47-28-50-34)51-40(54)27-60-39-20-13-17-32-16-9-10-19-35(32)39/h9-13,16-21,25,28-31,36-38,41-43,55-56H,5-8,14-15,22-24,26-27H2,1-4H3,(H,47,50)(H,49,59)(H,51,54)(H,52,58)(H,53,57)/t30?,36-,37+,38?,41?,42-,43-/m1/s1. The number of carbonyl (C=O) groups excluding carboxylic acids is 4. The summed E-state index contributed by atoms with van der Waals surface area (Å²) in [6.07, 6.45) is 7.71. The Labute approximate surface area is 353 Å². The first-order valence-electron chi connectivity index (χ1n) is 21.4. The fourth-order valence-corrected chi connectivity index (χ4v) is 8.01. The van der Waals surface area contributed by atoms with E-state index < -0.39 is 54.0 Å². The van der Waals surface area contributed by atoms with E-state index in [0.29, 0.717) is 30.0 Å². The van der Waals surface area contributed by atoms with Crippen molar-refractivity contribution in [2.75, 3.05) is 6.61 Å². The third-order valence-electron chi connectivity index (χ3n) is 11.6. The summed E-state index contributed by atoms with van der Waals surface area (Å²) in [6, 6.07) is 15.7. The van der Waals surface area contributed by atoms with Crippen LogP contribution in [0.15, 0.2) is 79.4 Å². The predicted octanol–water partition coefficient (Wildman–Crippen LogP) is 4.75. The van der Waals surface area contributed by atoms with Crippen molar-refractivity contribution in [2.24, 2.45) is 23.7 Å². The minimum atomic E-state index is -1.59. The van der Waals surface area contributed by atoms with Crippen LogP contribution in [0.3, 0.4) is 0 Å². The summed E-state index contributed by atoms with van der Waals surface area (Å²) < 4.78 is 5.92. The number of benzene rings is 2. The van der Waals surface area contributed by atoms with Gasteiger partial charge < -0.3 is 41.2 Å². The van der Waals surface area contributed by atoms with Crippen LogP contribution in [0.2, 0.25) is 0 Å². The van der Waals surface area contributed by atoms with Crippen LogP contribution in [-0.4, -0.2) is 85.7 Å². The summed E-state index contributed by atoms with van der Waals surface area (Å²) >= 11 is 0. The molecule has 14 nitrogen and oxygen atoms in total. The van der Waals surface area contributed by atoms with Gasteiger partial charge in [0.15, 0.2) is 6.61 Å². The summed E-state index contributed by atoms with van der Waals surface area (Å²) in [5, 5.41) is 37.4. The second kappa shape index (κ2) is 22.9. The Bertz CT molecular complexity index is 1950. The van der Waals surface area contributed by atoms with E-state index in [1.807, 2.05) is 70.2 Å². The molecular weight excluding hydrogens is 763 g/mol. The first-order valence-corrected chi connectivity index (χ1v) is 21.4. The van der Waals surface area contributed by atoms with Gasteiger partial charge in [0.05, 0.1) is 36.6 Å². The Morgan fingerprint density at radius 1 is 0.867 bits per heavy atom. The number of amides is 4. The molecule has 0 saturated heterocycles. The van der Waals surface area contributed by atoms with Crippen molar-refractivity contribution in [3.63, 3.8) is 0 Å². The summed E-state index contributed by atoms with van der Waals surface area (Å²) in [5.41, 5.74) is 1.27. The molecule has 7 atom stereocenters. The second-order valence-corrected chi connectivity index (χ2v) is 16.6. The number of H-pyrrole nitrogens is 1. The van der Waals surface area contributed by atoms with Crippen LogP contribution in [-0.2, 0) is 32.1 Å². The summed E-state index contributed by atoms with van der Waals surface area (Å²) in [7, 11) is 0. The van der Waals surface area contributed by atoms with Crippen molar-refractivity contribution in [1.29, 1.82) is 0 Å². The Morgan fingerprint density at radius 3 is 2.32 bits per heavy atom. The minimum Gasteiger partial charge on any atom is -0.483 e. The Hall–Kier alpha value is -5.34. The fraction of sp³-hybridized carbons (Fsp3) is 0.522. The van der Waals surface area contributed by atoms with Crippen LogP contribution < -0.4 is 26.0 Å². The molecule has 0 spiro atoms. The zero-order valence-corrected chi connectivity index (χ0v) is 35.3. The van der Waals surface area contributed by atoms with E-state index in [9.17, 15) is 29.4 Å². The first kappa shape index (κ1) is 45.7. The number of fused-ring (bicyclic) bond motifs is 1. The molecule has 324 valence electrons. The van der Waals surface area contributed by atoms with E-state index in [4.69, 9.17) is 4.74 Å². The summed E-state index contributed by atoms with van der Waals surface area (Å²) in [4.78, 5) is 66.7. The molecule has 1 aliphatic carbocycles. The van der Waals surface area contributed by atoms with Crippen LogP contribution in [0, 0.1) is 23.7 Å². The van der Waals surface area contributed by atoms with Gasteiger partial charge in [0.1, 0.15) is 23.9 Å². The Kier molecular flexibility index (Phi) is 17.4. The molecule has 14 heteroatoms. The number of carbonyl (C=O) groups is 4. The number of aromatic amines is 1. The molecule has 0 bridgehead atoms. The van der Waals surface area contributed by atoms with E-state index in [-0.39, 0.29) is 49.7 Å². The predicted molar refractivity (Wildman–Crippen MR) is 229 cm³/mol. The largest absolute Gasteiger partial charge is 0.483 e. The minimum absolute atomic E-state index is 0.0564. The molecule has 2 aromatic carbocycles. The monoisotopic (exact) mass is 825 g/mol. The highest BCUT2D eigenvalue weighted by Gasteiger charge is 2.40. The fourth-order valence-electron chi connectivity index (χ4n) is 8.01. The van der Waals surface area contributed by atoms with Gasteiger partial charge in [-0.3, -0.25) is 24.2 Å². The van der Waals surface area contributed by atoms with E-state index in [2.05, 4.69) is 36.2 Å². The van der Waals surface area contributed by atoms with Gasteiger partial charge in [-0.2, -0.15) is 0 Å². The number of imidazole rings is 1. The van der Waals surface area contributed by atoms with Crippen LogP contribution >= 0.6 is 0 Å². The molecule has 4 amide bonds. The molecular formula is C46H63N7O7. The molecule has 2 heterocycles. The lowest BCUT2D eigenvalue weighted by Gasteiger charge is -2.36. The number of ether oxygens (including phenoxy) is 1. The quantitative estimate of drug-likeness (QED) is 0.0583. The third kappa shape index (κ3) is 13.3. The highest BCUT2D eigenvalue weighted by Crippen LogP contribution is 2.30. The number of aromatic nitrogens is 3. The third-order valence-corrected chi connectivity index (χ3v) is 11.6. The molecule has 4 aromatic rings. The van der Waals surface area contributed by atoms with Gasteiger partial charge in [0, 0.05) is 29.9 Å². The lowest BCUT2D eigenvalue weighted by molar-refractivity contribution is -0.139. The van der Waals surface area contributed by atoms with E-state index >= 15 is 0 Å². The van der Waals surface area contributed by atoms with E-state index in [0.717, 1.165) is 42.9 Å². The summed E-state index contributed by atoms with van der Waals surface area (Å²) in [5.74, 6) is -2.74. The smallest absolute Gasteiger partial charge is 0.258 e. The maximum atomic E-state index is 14.3. The van der Waals surface area contributed by atoms with Crippen LogP contribution in [0.1, 0.15) is 90.4 Å². The number of aliphatic hydroxyl groups excluding tert-OH is 2. The Morgan fingerprint density at radius 2 is 1.62 bits per heavy atom. The van der Waals surface area contributed by atoms with Gasteiger partial charge in [-0.25, -0.2) is 4.98 Å². The number of nitrogens with zero attached hydrogens (tertiary/aromatic N) is 2. The summed E-state index contributed by atoms with van der Waals surface area (Å²) in [6.45, 7) is 7.47. The highest BCUT2D eigenvalue weighted by atomic mass is 16.5. The number of hydrogen-bond acceptors (Lipinski definition) is 9. The Balaban J connectivity index is 1.33. The van der Waals surface area contributed by atoms with Crippen molar-refractivity contribution in [2.45, 2.75) is 122 Å². The van der Waals surface area contributed by atoms with Crippen molar-refractivity contribution in [3.05, 3.63) is 90.8 Å². The molecule has 60 heavy (non-hydrogen) atoms. The maximum absolute atomic E-state index is 14.3. The molecule has 3 unspecified atom stereocenters. The first-order chi connectivity index (χ1) is 28.9. The second-order valence-electron chi connectivity index (χ2n) is 16.6. The van der Waals surface area contributed by atoms with Gasteiger partial charge >= 0.3 is 0 Å². The average Bonchev–Trinajstić information content (AvgIpc) is 3.78. The van der Waals surface area contributed by atoms with Crippen molar-refractivity contribution in [3.8, 4) is 5.75 Å². The van der Waals surface area contributed by atoms with Gasteiger partial charge in [0.25, 0.3) is 5.91 Å². The van der Waals surface area contributed by atoms with Crippen LogP contribution in [0.4, 0.5) is 0 Å². The van der Waals surface area contributed by atoms with Crippen LogP contribution in [0.5, 0.6) is 5.75 Å². The molecule has 1 saturated carbocycles. The number of aliphatic hydroxyl groups is 2. The molecule has 1 aliphatic rings. The van der Waals surface area contributed by atoms with Crippen molar-refractivity contribution >= 4 is 34.4 Å². The molecule has 2 aromatic heterocycles. The average molecular weight is 826 g/mol. The van der Waals surface area contributed by atoms with E-state index in [1.54, 1.807) is 30.6 Å². The molecule has 5 rings (SSSR count). The lowest BCUT2D eigenvalue weighted by atomic mass is 9.80. The van der Waals surface area contributed by atoms with Crippen molar-refractivity contribution < 1.29 is 34.1 Å². The zero-order valence-electron chi connectivity index (χ0n) is 35.3. The zero-order chi connectivity index (χ0) is 43.0. The van der Waals surface area contributed by atoms with Gasteiger partial charge in [-0.05, 0) is 54.2 Å². The molecule has 1 fully saturated rings. The number of nitrogens with one attached hydrogen (secondary N) is 5. The number of hydrogen-bond donors (Lipinski definition) is 7. The van der Waals surface area contributed by atoms with Crippen molar-refractivity contribution in [1.82, 2.24) is 36.2 Å². The lowest BCUT2D eigenvalue weighted by Crippen LogP contribution is -2.59. The SMILES string of the molecule is CCC(C)C(NC(=O)[C@H](CC(C)C)[C@@H](O)[C@H](O)[C@H](CC1CCCCC1)NC(=O)C(Cc1cnc[nH]1)NC(=O)COc1cccc2ccccc12)C(=O)NCc1ccccn1. The normalized spacial score (nSPS) is 16.8. The van der Waals surface area contributed by atoms with E-state index in [1.165, 1.54) is 6.33 Å². The van der Waals surface area contributed by atoms with Gasteiger partial charge in [-0.15, -0.1) is 0 Å². The highest BCUT2D eigenvalue weighted by molar-refractivity contribution is 5.91.